The Kier molecular flexibility index (Phi) is 5.40. The molecule has 2 unspecified atom stereocenters. The molecule has 0 bridgehead atoms. The molecule has 0 spiro atoms. The average Bonchev–Trinajstić information content (AvgIpc) is 2.93. The fourth-order valence-corrected chi connectivity index (χ4v) is 2.69. The lowest BCUT2D eigenvalue weighted by Gasteiger charge is -2.18. The summed E-state index contributed by atoms with van der Waals surface area (Å²) in [5, 5.41) is 3.58. The molecule has 1 heterocycles. The van der Waals surface area contributed by atoms with E-state index >= 15 is 0 Å². The Hall–Kier alpha value is -0.870. The summed E-state index contributed by atoms with van der Waals surface area (Å²) >= 11 is 0. The zero-order valence-corrected chi connectivity index (χ0v) is 12.7. The Morgan fingerprint density at radius 1 is 1.26 bits per heavy atom. The van der Waals surface area contributed by atoms with E-state index in [9.17, 15) is 4.21 Å². The van der Waals surface area contributed by atoms with Gasteiger partial charge in [0.15, 0.2) is 0 Å². The Morgan fingerprint density at radius 3 is 2.47 bits per heavy atom. The number of hydrogen-bond donors (Lipinski definition) is 1. The Bertz CT molecular complexity index is 413. The molecule has 0 amide bonds. The van der Waals surface area contributed by atoms with Gasteiger partial charge in [0.1, 0.15) is 0 Å². The van der Waals surface area contributed by atoms with Gasteiger partial charge in [0, 0.05) is 54.2 Å². The molecule has 2 rings (SSSR count). The van der Waals surface area contributed by atoms with E-state index < -0.39 is 10.8 Å². The molecule has 1 aliphatic rings. The van der Waals surface area contributed by atoms with Crippen LogP contribution in [0.15, 0.2) is 24.3 Å². The van der Waals surface area contributed by atoms with Gasteiger partial charge in [-0.05, 0) is 37.5 Å². The van der Waals surface area contributed by atoms with Crippen molar-refractivity contribution in [1.29, 1.82) is 0 Å². The molecule has 1 aromatic rings. The van der Waals surface area contributed by atoms with E-state index in [-0.39, 0.29) is 5.25 Å². The van der Waals surface area contributed by atoms with Crippen LogP contribution >= 0.6 is 0 Å². The number of nitrogens with one attached hydrogen (secondary N) is 1. The molecule has 106 valence electrons. The van der Waals surface area contributed by atoms with E-state index in [1.54, 1.807) is 6.26 Å². The Labute approximate surface area is 118 Å². The number of nitrogens with zero attached hydrogens (tertiary/aromatic N) is 1. The van der Waals surface area contributed by atoms with Crippen molar-refractivity contribution < 1.29 is 4.21 Å². The third-order valence-corrected chi connectivity index (χ3v) is 5.04. The minimum Gasteiger partial charge on any atom is -0.372 e. The molecular formula is C15H24N2OS. The van der Waals surface area contributed by atoms with Crippen LogP contribution in [0.5, 0.6) is 0 Å². The maximum Gasteiger partial charge on any atom is 0.0441 e. The van der Waals surface area contributed by atoms with Gasteiger partial charge in [0.25, 0.3) is 0 Å². The molecule has 3 nitrogen and oxygen atoms in total. The minimum atomic E-state index is -0.743. The quantitative estimate of drug-likeness (QED) is 0.866. The van der Waals surface area contributed by atoms with Crippen molar-refractivity contribution in [2.75, 3.05) is 30.8 Å². The van der Waals surface area contributed by atoms with E-state index in [1.165, 1.54) is 37.2 Å². The van der Waals surface area contributed by atoms with E-state index in [0.29, 0.717) is 0 Å². The average molecular weight is 280 g/mol. The lowest BCUT2D eigenvalue weighted by Crippen LogP contribution is -2.27. The van der Waals surface area contributed by atoms with Gasteiger partial charge in [-0.15, -0.1) is 0 Å². The smallest absolute Gasteiger partial charge is 0.0441 e. The predicted molar refractivity (Wildman–Crippen MR) is 83.1 cm³/mol. The maximum absolute atomic E-state index is 11.2. The fraction of sp³-hybridized carbons (Fsp3) is 0.600. The second-order valence-electron chi connectivity index (χ2n) is 5.30. The molecule has 19 heavy (non-hydrogen) atoms. The highest BCUT2D eigenvalue weighted by atomic mass is 32.2. The summed E-state index contributed by atoms with van der Waals surface area (Å²) in [6.45, 7) is 6.05. The Balaban J connectivity index is 1.80. The molecule has 0 aliphatic carbocycles. The number of rotatable bonds is 6. The van der Waals surface area contributed by atoms with Gasteiger partial charge >= 0.3 is 0 Å². The highest BCUT2D eigenvalue weighted by Gasteiger charge is 2.11. The normalized spacial score (nSPS) is 18.5. The molecule has 2 atom stereocenters. The van der Waals surface area contributed by atoms with Crippen LogP contribution in [0.4, 0.5) is 5.69 Å². The van der Waals surface area contributed by atoms with Crippen LogP contribution in [0.2, 0.25) is 0 Å². The molecule has 1 fully saturated rings. The van der Waals surface area contributed by atoms with Crippen LogP contribution in [0.1, 0.15) is 25.3 Å². The second-order valence-corrected chi connectivity index (χ2v) is 7.10. The monoisotopic (exact) mass is 280 g/mol. The second kappa shape index (κ2) is 7.06. The highest BCUT2D eigenvalue weighted by Crippen LogP contribution is 2.20. The van der Waals surface area contributed by atoms with Gasteiger partial charge in [-0.1, -0.05) is 12.1 Å². The number of hydrogen-bond acceptors (Lipinski definition) is 3. The van der Waals surface area contributed by atoms with Crippen molar-refractivity contribution in [3.63, 3.8) is 0 Å². The van der Waals surface area contributed by atoms with Gasteiger partial charge in [-0.25, -0.2) is 0 Å². The lowest BCUT2D eigenvalue weighted by molar-refractivity contribution is 0.647. The van der Waals surface area contributed by atoms with Gasteiger partial charge in [0.2, 0.25) is 0 Å². The third-order valence-electron chi connectivity index (χ3n) is 3.74. The van der Waals surface area contributed by atoms with Crippen LogP contribution in [0.3, 0.4) is 0 Å². The standard InChI is InChI=1S/C15H24N2OS/c1-13(19(2)18)11-16-12-14-5-7-15(8-6-14)17-9-3-4-10-17/h5-8,13,16H,3-4,9-12H2,1-2H3. The van der Waals surface area contributed by atoms with Gasteiger partial charge < -0.3 is 10.2 Å². The van der Waals surface area contributed by atoms with Crippen LogP contribution in [-0.2, 0) is 17.3 Å². The number of anilines is 1. The largest absolute Gasteiger partial charge is 0.372 e. The Morgan fingerprint density at radius 2 is 1.89 bits per heavy atom. The first-order chi connectivity index (χ1) is 9.16. The van der Waals surface area contributed by atoms with Crippen molar-refractivity contribution in [3.05, 3.63) is 29.8 Å². The molecule has 4 heteroatoms. The zero-order chi connectivity index (χ0) is 13.7. The summed E-state index contributed by atoms with van der Waals surface area (Å²) in [5.41, 5.74) is 2.63. The van der Waals surface area contributed by atoms with Crippen molar-refractivity contribution in [1.82, 2.24) is 5.32 Å². The SMILES string of the molecule is CC(CNCc1ccc(N2CCCC2)cc1)S(C)=O. The first-order valence-electron chi connectivity index (χ1n) is 7.03. The highest BCUT2D eigenvalue weighted by molar-refractivity contribution is 7.84. The first-order valence-corrected chi connectivity index (χ1v) is 8.66. The number of benzene rings is 1. The molecule has 0 aromatic heterocycles. The summed E-state index contributed by atoms with van der Waals surface area (Å²) in [5.74, 6) is 0. The molecular weight excluding hydrogens is 256 g/mol. The summed E-state index contributed by atoms with van der Waals surface area (Å²) in [6, 6.07) is 8.80. The van der Waals surface area contributed by atoms with Crippen LogP contribution in [0.25, 0.3) is 0 Å². The molecule has 1 saturated heterocycles. The molecule has 1 aliphatic heterocycles. The van der Waals surface area contributed by atoms with E-state index in [4.69, 9.17) is 0 Å². The van der Waals surface area contributed by atoms with Crippen molar-refractivity contribution in [2.45, 2.75) is 31.6 Å². The topological polar surface area (TPSA) is 32.3 Å². The summed E-state index contributed by atoms with van der Waals surface area (Å²) in [6.07, 6.45) is 4.39. The molecule has 1 aromatic carbocycles. The van der Waals surface area contributed by atoms with E-state index in [2.05, 4.69) is 34.5 Å². The van der Waals surface area contributed by atoms with Crippen LogP contribution in [0, 0.1) is 0 Å². The fourth-order valence-electron chi connectivity index (χ4n) is 2.34. The summed E-state index contributed by atoms with van der Waals surface area (Å²) in [7, 11) is -0.743. The van der Waals surface area contributed by atoms with E-state index in [1.807, 2.05) is 6.92 Å². The van der Waals surface area contributed by atoms with Gasteiger partial charge in [-0.2, -0.15) is 0 Å². The first kappa shape index (κ1) is 14.5. The molecule has 0 radical (unpaired) electrons. The maximum atomic E-state index is 11.2. The van der Waals surface area contributed by atoms with Crippen LogP contribution < -0.4 is 10.2 Å². The van der Waals surface area contributed by atoms with Crippen molar-refractivity contribution in [2.24, 2.45) is 0 Å². The molecule has 1 N–H and O–H groups in total. The molecule has 0 saturated carbocycles. The van der Waals surface area contributed by atoms with Gasteiger partial charge in [0.05, 0.1) is 0 Å². The minimum absolute atomic E-state index is 0.212. The van der Waals surface area contributed by atoms with Crippen LogP contribution in [-0.4, -0.2) is 35.3 Å². The lowest BCUT2D eigenvalue weighted by atomic mass is 10.2. The zero-order valence-electron chi connectivity index (χ0n) is 11.9. The third kappa shape index (κ3) is 4.32. The van der Waals surface area contributed by atoms with Gasteiger partial charge in [-0.3, -0.25) is 4.21 Å². The van der Waals surface area contributed by atoms with E-state index in [0.717, 1.165) is 13.1 Å². The summed E-state index contributed by atoms with van der Waals surface area (Å²) in [4.78, 5) is 2.44. The van der Waals surface area contributed by atoms with Crippen molar-refractivity contribution in [3.8, 4) is 0 Å². The predicted octanol–water partition coefficient (Wildman–Crippen LogP) is 2.14. The van der Waals surface area contributed by atoms with Crippen molar-refractivity contribution >= 4 is 16.5 Å². The summed E-state index contributed by atoms with van der Waals surface area (Å²) < 4.78 is 11.2.